The van der Waals surface area contributed by atoms with Crippen molar-refractivity contribution in [1.29, 1.82) is 0 Å². The lowest BCUT2D eigenvalue weighted by Crippen LogP contribution is -2.25. The molecule has 0 fully saturated rings. The van der Waals surface area contributed by atoms with Crippen LogP contribution in [0, 0.1) is 6.92 Å². The van der Waals surface area contributed by atoms with Gasteiger partial charge in [0.15, 0.2) is 11.2 Å². The van der Waals surface area contributed by atoms with Crippen molar-refractivity contribution < 1.29 is 18.8 Å². The summed E-state index contributed by atoms with van der Waals surface area (Å²) in [6.45, 7) is 3.65. The summed E-state index contributed by atoms with van der Waals surface area (Å²) in [5, 5.41) is 10.8. The molecule has 0 atom stereocenters. The number of benzene rings is 1. The van der Waals surface area contributed by atoms with Crippen LogP contribution < -0.4 is 10.9 Å². The van der Waals surface area contributed by atoms with Gasteiger partial charge in [-0.05, 0) is 37.6 Å². The summed E-state index contributed by atoms with van der Waals surface area (Å²) in [5.41, 5.74) is 0.947. The Balaban J connectivity index is 1.81. The van der Waals surface area contributed by atoms with E-state index in [1.54, 1.807) is 44.2 Å². The molecule has 9 nitrogen and oxygen atoms in total. The summed E-state index contributed by atoms with van der Waals surface area (Å²) in [5.74, 6) is -0.583. The maximum atomic E-state index is 12.7. The van der Waals surface area contributed by atoms with Crippen molar-refractivity contribution in [2.24, 2.45) is 7.05 Å². The normalized spacial score (nSPS) is 11.1. The van der Waals surface area contributed by atoms with Crippen LogP contribution in [0.15, 0.2) is 39.7 Å². The molecule has 2 heterocycles. The molecule has 144 valence electrons. The van der Waals surface area contributed by atoms with Crippen LogP contribution in [0.4, 0.5) is 5.69 Å². The molecule has 1 aromatic carbocycles. The fraction of sp³-hybridized carbons (Fsp3) is 0.211. The van der Waals surface area contributed by atoms with Gasteiger partial charge < -0.3 is 14.6 Å². The second-order valence-electron chi connectivity index (χ2n) is 5.90. The second kappa shape index (κ2) is 7.87. The van der Waals surface area contributed by atoms with Crippen molar-refractivity contribution in [3.05, 3.63) is 57.7 Å². The predicted molar refractivity (Wildman–Crippen MR) is 102 cm³/mol. The summed E-state index contributed by atoms with van der Waals surface area (Å²) < 4.78 is 10.9. The summed E-state index contributed by atoms with van der Waals surface area (Å²) in [4.78, 5) is 36.1. The lowest BCUT2D eigenvalue weighted by Gasteiger charge is -2.07. The third-order valence-electron chi connectivity index (χ3n) is 3.93. The number of fused-ring (bicyclic) bond motifs is 1. The Morgan fingerprint density at radius 3 is 2.68 bits per heavy atom. The van der Waals surface area contributed by atoms with Gasteiger partial charge in [0.05, 0.1) is 12.0 Å². The number of anilines is 1. The molecule has 9 heteroatoms. The molecule has 0 unspecified atom stereocenters. The first-order valence-electron chi connectivity index (χ1n) is 8.50. The first-order valence-corrected chi connectivity index (χ1v) is 8.50. The van der Waals surface area contributed by atoms with E-state index in [1.165, 1.54) is 13.1 Å². The second-order valence-corrected chi connectivity index (χ2v) is 5.90. The molecule has 0 saturated carbocycles. The number of carbonyl (C=O) groups is 2. The highest BCUT2D eigenvalue weighted by Gasteiger charge is 2.21. The third-order valence-corrected chi connectivity index (χ3v) is 3.93. The zero-order valence-corrected chi connectivity index (χ0v) is 15.6. The van der Waals surface area contributed by atoms with Crippen LogP contribution in [-0.2, 0) is 16.6 Å². The van der Waals surface area contributed by atoms with E-state index in [4.69, 9.17) is 9.26 Å². The minimum atomic E-state index is -0.498. The highest BCUT2D eigenvalue weighted by molar-refractivity contribution is 6.11. The number of carbonyl (C=O) groups excluding carboxylic acids is 2. The minimum Gasteiger partial charge on any atom is -0.463 e. The summed E-state index contributed by atoms with van der Waals surface area (Å²) in [6, 6.07) is 6.84. The van der Waals surface area contributed by atoms with Gasteiger partial charge in [0.25, 0.3) is 11.5 Å². The standard InChI is InChI=1S/C19H18N4O5/c1-4-27-14(24)10-7-12-5-8-13(9-6-12)20-18(25)16-15-11(2)28-22-17(15)19(26)23(3)21-16/h5-10H,4H2,1-3H3,(H,20,25). The van der Waals surface area contributed by atoms with Gasteiger partial charge in [-0.2, -0.15) is 5.10 Å². The monoisotopic (exact) mass is 382 g/mol. The number of ether oxygens (including phenoxy) is 1. The third kappa shape index (κ3) is 3.83. The van der Waals surface area contributed by atoms with E-state index in [9.17, 15) is 14.4 Å². The minimum absolute atomic E-state index is 0.0436. The van der Waals surface area contributed by atoms with Crippen LogP contribution in [0.25, 0.3) is 17.0 Å². The summed E-state index contributed by atoms with van der Waals surface area (Å²) in [7, 11) is 1.44. The number of nitrogens with one attached hydrogen (secondary N) is 1. The number of nitrogens with zero attached hydrogens (tertiary/aromatic N) is 3. The molecule has 0 spiro atoms. The van der Waals surface area contributed by atoms with Crippen molar-refractivity contribution in [2.75, 3.05) is 11.9 Å². The van der Waals surface area contributed by atoms with Gasteiger partial charge in [-0.3, -0.25) is 9.59 Å². The number of hydrogen-bond donors (Lipinski definition) is 1. The molecule has 0 aliphatic heterocycles. The SMILES string of the molecule is CCOC(=O)C=Cc1ccc(NC(=O)c2nn(C)c(=O)c3noc(C)c23)cc1. The Morgan fingerprint density at radius 2 is 2.00 bits per heavy atom. The first-order chi connectivity index (χ1) is 13.4. The van der Waals surface area contributed by atoms with Crippen LogP contribution >= 0.6 is 0 Å². The topological polar surface area (TPSA) is 116 Å². The van der Waals surface area contributed by atoms with Gasteiger partial charge in [-0.1, -0.05) is 17.3 Å². The van der Waals surface area contributed by atoms with Gasteiger partial charge in [0.1, 0.15) is 5.76 Å². The highest BCUT2D eigenvalue weighted by Crippen LogP contribution is 2.19. The van der Waals surface area contributed by atoms with E-state index in [0.717, 1.165) is 10.2 Å². The van der Waals surface area contributed by atoms with E-state index >= 15 is 0 Å². The van der Waals surface area contributed by atoms with Gasteiger partial charge in [0.2, 0.25) is 0 Å². The number of esters is 1. The molecule has 28 heavy (non-hydrogen) atoms. The molecule has 0 aliphatic carbocycles. The van der Waals surface area contributed by atoms with Crippen LogP contribution in [0.3, 0.4) is 0 Å². The average molecular weight is 382 g/mol. The maximum Gasteiger partial charge on any atom is 0.330 e. The van der Waals surface area contributed by atoms with E-state index in [2.05, 4.69) is 15.6 Å². The number of rotatable bonds is 5. The van der Waals surface area contributed by atoms with Crippen molar-refractivity contribution in [2.45, 2.75) is 13.8 Å². The number of aromatic nitrogens is 3. The molecule has 0 saturated heterocycles. The van der Waals surface area contributed by atoms with Gasteiger partial charge in [0, 0.05) is 18.8 Å². The first kappa shape index (κ1) is 19.0. The van der Waals surface area contributed by atoms with E-state index in [1.807, 2.05) is 0 Å². The van der Waals surface area contributed by atoms with Crippen molar-refractivity contribution in [3.8, 4) is 0 Å². The van der Waals surface area contributed by atoms with Crippen LogP contribution in [0.1, 0.15) is 28.7 Å². The Kier molecular flexibility index (Phi) is 5.35. The number of amides is 1. The number of aryl methyl sites for hydroxylation is 2. The predicted octanol–water partition coefficient (Wildman–Crippen LogP) is 2.06. The van der Waals surface area contributed by atoms with Crippen molar-refractivity contribution in [1.82, 2.24) is 14.9 Å². The Hall–Kier alpha value is -3.75. The van der Waals surface area contributed by atoms with Gasteiger partial charge in [-0.25, -0.2) is 9.48 Å². The lowest BCUT2D eigenvalue weighted by atomic mass is 10.1. The maximum absolute atomic E-state index is 12.7. The molecule has 3 rings (SSSR count). The fourth-order valence-electron chi connectivity index (χ4n) is 2.58. The smallest absolute Gasteiger partial charge is 0.330 e. The molecular formula is C19H18N4O5. The van der Waals surface area contributed by atoms with Crippen LogP contribution in [0.2, 0.25) is 0 Å². The van der Waals surface area contributed by atoms with Crippen molar-refractivity contribution >= 4 is 34.5 Å². The zero-order chi connectivity index (χ0) is 20.3. The molecule has 3 aromatic rings. The summed E-state index contributed by atoms with van der Waals surface area (Å²) in [6.07, 6.45) is 2.94. The fourth-order valence-corrected chi connectivity index (χ4v) is 2.58. The molecule has 1 N–H and O–H groups in total. The Labute approximate surface area is 159 Å². The number of hydrogen-bond acceptors (Lipinski definition) is 7. The lowest BCUT2D eigenvalue weighted by molar-refractivity contribution is -0.137. The van der Waals surface area contributed by atoms with E-state index < -0.39 is 17.4 Å². The van der Waals surface area contributed by atoms with Crippen molar-refractivity contribution in [3.63, 3.8) is 0 Å². The molecule has 1 amide bonds. The average Bonchev–Trinajstić information content (AvgIpc) is 3.06. The van der Waals surface area contributed by atoms with E-state index in [0.29, 0.717) is 18.1 Å². The van der Waals surface area contributed by atoms with E-state index in [-0.39, 0.29) is 16.6 Å². The van der Waals surface area contributed by atoms with Gasteiger partial charge >= 0.3 is 5.97 Å². The Bertz CT molecular complexity index is 1130. The molecule has 2 aromatic heterocycles. The molecule has 0 bridgehead atoms. The largest absolute Gasteiger partial charge is 0.463 e. The van der Waals surface area contributed by atoms with Gasteiger partial charge in [-0.15, -0.1) is 0 Å². The quantitative estimate of drug-likeness (QED) is 0.530. The molecular weight excluding hydrogens is 364 g/mol. The zero-order valence-electron chi connectivity index (χ0n) is 15.6. The van der Waals surface area contributed by atoms with Crippen LogP contribution in [-0.4, -0.2) is 33.4 Å². The highest BCUT2D eigenvalue weighted by atomic mass is 16.5. The molecule has 0 aliphatic rings. The Morgan fingerprint density at radius 1 is 1.29 bits per heavy atom. The summed E-state index contributed by atoms with van der Waals surface area (Å²) >= 11 is 0. The molecule has 0 radical (unpaired) electrons. The van der Waals surface area contributed by atoms with Crippen LogP contribution in [0.5, 0.6) is 0 Å².